The molecule has 0 radical (unpaired) electrons. The van der Waals surface area contributed by atoms with Crippen LogP contribution in [0.2, 0.25) is 0 Å². The second kappa shape index (κ2) is 4.60. The van der Waals surface area contributed by atoms with Gasteiger partial charge in [-0.25, -0.2) is 0 Å². The Labute approximate surface area is 128 Å². The Bertz CT molecular complexity index is 496. The average molecular weight is 287 g/mol. The fraction of sp³-hybridized carbons (Fsp3) is 0.842. The summed E-state index contributed by atoms with van der Waals surface area (Å²) in [5.41, 5.74) is 1.84. The molecule has 0 saturated heterocycles. The van der Waals surface area contributed by atoms with Gasteiger partial charge in [0.1, 0.15) is 0 Å². The standard InChI is InChI=1S/C19H29NO/c1-18-11-4-3-5-13(18)6-7-14-15-8-9-17(20-21)19(15,2)12-10-16(14)18/h3,5,13-16,21H,4,6-12H2,1-2H3/b20-17+/t13-,14+,15+,16+,18+,19+/m1/s1. The van der Waals surface area contributed by atoms with Crippen molar-refractivity contribution < 1.29 is 5.21 Å². The zero-order chi connectivity index (χ0) is 14.7. The van der Waals surface area contributed by atoms with Crippen molar-refractivity contribution in [3.8, 4) is 0 Å². The highest BCUT2D eigenvalue weighted by Crippen LogP contribution is 2.64. The van der Waals surface area contributed by atoms with Crippen LogP contribution in [0, 0.1) is 34.5 Å². The van der Waals surface area contributed by atoms with Gasteiger partial charge in [-0.3, -0.25) is 0 Å². The molecule has 0 amide bonds. The van der Waals surface area contributed by atoms with Crippen molar-refractivity contribution in [1.82, 2.24) is 0 Å². The highest BCUT2D eigenvalue weighted by atomic mass is 16.4. The molecule has 0 heterocycles. The molecule has 0 unspecified atom stereocenters. The van der Waals surface area contributed by atoms with Gasteiger partial charge in [0.25, 0.3) is 0 Å². The Morgan fingerprint density at radius 3 is 2.76 bits per heavy atom. The summed E-state index contributed by atoms with van der Waals surface area (Å²) in [6, 6.07) is 0. The van der Waals surface area contributed by atoms with Crippen LogP contribution in [0.3, 0.4) is 0 Å². The van der Waals surface area contributed by atoms with Crippen LogP contribution in [0.1, 0.15) is 65.2 Å². The molecule has 4 rings (SSSR count). The van der Waals surface area contributed by atoms with E-state index in [9.17, 15) is 5.21 Å². The lowest BCUT2D eigenvalue weighted by molar-refractivity contribution is -0.0695. The molecule has 0 aromatic carbocycles. The largest absolute Gasteiger partial charge is 0.411 e. The maximum atomic E-state index is 9.38. The molecule has 6 atom stereocenters. The summed E-state index contributed by atoms with van der Waals surface area (Å²) in [6.07, 6.45) is 15.3. The van der Waals surface area contributed by atoms with E-state index in [1.807, 2.05) is 0 Å². The third-order valence-electron chi connectivity index (χ3n) is 8.02. The van der Waals surface area contributed by atoms with Crippen LogP contribution in [0.25, 0.3) is 0 Å². The third-order valence-corrected chi connectivity index (χ3v) is 8.02. The Kier molecular flexibility index (Phi) is 3.03. The fourth-order valence-electron chi connectivity index (χ4n) is 6.78. The van der Waals surface area contributed by atoms with Crippen molar-refractivity contribution in [2.45, 2.75) is 65.2 Å². The van der Waals surface area contributed by atoms with Gasteiger partial charge >= 0.3 is 0 Å². The zero-order valence-corrected chi connectivity index (χ0v) is 13.5. The van der Waals surface area contributed by atoms with Gasteiger partial charge in [0.2, 0.25) is 0 Å². The SMILES string of the molecule is C[C@]12CCC=C[C@@H]1CC[C@@H]1[C@@H]2CC[C@]2(C)/C(=N/O)CC[C@@H]12. The minimum Gasteiger partial charge on any atom is -0.411 e. The van der Waals surface area contributed by atoms with E-state index in [0.717, 1.165) is 35.8 Å². The highest BCUT2D eigenvalue weighted by molar-refractivity contribution is 5.91. The van der Waals surface area contributed by atoms with Crippen LogP contribution < -0.4 is 0 Å². The molecule has 0 aromatic rings. The highest BCUT2D eigenvalue weighted by Gasteiger charge is 2.58. The van der Waals surface area contributed by atoms with E-state index in [2.05, 4.69) is 31.2 Å². The minimum absolute atomic E-state index is 0.198. The molecule has 3 saturated carbocycles. The smallest absolute Gasteiger partial charge is 0.0632 e. The lowest BCUT2D eigenvalue weighted by Gasteiger charge is -2.58. The normalized spacial score (nSPS) is 54.1. The van der Waals surface area contributed by atoms with Gasteiger partial charge in [-0.15, -0.1) is 0 Å². The van der Waals surface area contributed by atoms with Gasteiger partial charge < -0.3 is 5.21 Å². The fourth-order valence-corrected chi connectivity index (χ4v) is 6.78. The van der Waals surface area contributed by atoms with Crippen LogP contribution in [0.4, 0.5) is 0 Å². The van der Waals surface area contributed by atoms with Crippen LogP contribution in [0.5, 0.6) is 0 Å². The molecule has 2 heteroatoms. The van der Waals surface area contributed by atoms with E-state index in [1.54, 1.807) is 0 Å². The monoisotopic (exact) mass is 287 g/mol. The van der Waals surface area contributed by atoms with Crippen molar-refractivity contribution in [2.24, 2.45) is 39.7 Å². The predicted molar refractivity (Wildman–Crippen MR) is 85.5 cm³/mol. The lowest BCUT2D eigenvalue weighted by atomic mass is 9.46. The molecule has 0 aromatic heterocycles. The van der Waals surface area contributed by atoms with Gasteiger partial charge in [0.05, 0.1) is 5.71 Å². The molecule has 0 aliphatic heterocycles. The van der Waals surface area contributed by atoms with Crippen molar-refractivity contribution in [2.75, 3.05) is 0 Å². The molecular weight excluding hydrogens is 258 g/mol. The number of hydrogen-bond acceptors (Lipinski definition) is 2. The third kappa shape index (κ3) is 1.74. The Balaban J connectivity index is 1.68. The van der Waals surface area contributed by atoms with Crippen molar-refractivity contribution in [1.29, 1.82) is 0 Å². The first-order chi connectivity index (χ1) is 10.1. The van der Waals surface area contributed by atoms with Gasteiger partial charge in [-0.05, 0) is 80.5 Å². The predicted octanol–water partition coefficient (Wildman–Crippen LogP) is 5.03. The molecular formula is C19H29NO. The summed E-state index contributed by atoms with van der Waals surface area (Å²) >= 11 is 0. The number of oxime groups is 1. The maximum Gasteiger partial charge on any atom is 0.0632 e. The molecule has 2 nitrogen and oxygen atoms in total. The summed E-state index contributed by atoms with van der Waals surface area (Å²) < 4.78 is 0. The lowest BCUT2D eigenvalue weighted by Crippen LogP contribution is -2.52. The van der Waals surface area contributed by atoms with E-state index in [1.165, 1.54) is 44.9 Å². The van der Waals surface area contributed by atoms with E-state index in [0.29, 0.717) is 5.41 Å². The first-order valence-electron chi connectivity index (χ1n) is 8.97. The second-order valence-corrected chi connectivity index (χ2v) is 8.57. The molecule has 1 N–H and O–H groups in total. The maximum absolute atomic E-state index is 9.38. The van der Waals surface area contributed by atoms with Crippen LogP contribution in [-0.2, 0) is 0 Å². The average Bonchev–Trinajstić information content (AvgIpc) is 2.83. The molecule has 116 valence electrons. The molecule has 21 heavy (non-hydrogen) atoms. The van der Waals surface area contributed by atoms with Crippen molar-refractivity contribution in [3.05, 3.63) is 12.2 Å². The van der Waals surface area contributed by atoms with E-state index < -0.39 is 0 Å². The summed E-state index contributed by atoms with van der Waals surface area (Å²) in [5.74, 6) is 3.36. The Morgan fingerprint density at radius 2 is 1.95 bits per heavy atom. The number of hydrogen-bond donors (Lipinski definition) is 1. The molecule has 4 aliphatic rings. The number of nitrogens with zero attached hydrogens (tertiary/aromatic N) is 1. The van der Waals surface area contributed by atoms with Crippen LogP contribution >= 0.6 is 0 Å². The molecule has 4 aliphatic carbocycles. The zero-order valence-electron chi connectivity index (χ0n) is 13.5. The van der Waals surface area contributed by atoms with Crippen LogP contribution in [0.15, 0.2) is 17.3 Å². The van der Waals surface area contributed by atoms with E-state index >= 15 is 0 Å². The van der Waals surface area contributed by atoms with Gasteiger partial charge in [0, 0.05) is 5.41 Å². The first kappa shape index (κ1) is 13.8. The van der Waals surface area contributed by atoms with E-state index in [4.69, 9.17) is 0 Å². The number of fused-ring (bicyclic) bond motifs is 5. The molecule has 0 spiro atoms. The van der Waals surface area contributed by atoms with Gasteiger partial charge in [-0.2, -0.15) is 0 Å². The Hall–Kier alpha value is -0.790. The topological polar surface area (TPSA) is 32.6 Å². The second-order valence-electron chi connectivity index (χ2n) is 8.57. The summed E-state index contributed by atoms with van der Waals surface area (Å²) in [5, 5.41) is 13.1. The molecule has 0 bridgehead atoms. The summed E-state index contributed by atoms with van der Waals surface area (Å²) in [6.45, 7) is 4.96. The summed E-state index contributed by atoms with van der Waals surface area (Å²) in [7, 11) is 0. The van der Waals surface area contributed by atoms with Gasteiger partial charge in [-0.1, -0.05) is 31.2 Å². The number of rotatable bonds is 0. The van der Waals surface area contributed by atoms with Crippen LogP contribution in [-0.4, -0.2) is 10.9 Å². The van der Waals surface area contributed by atoms with Crippen molar-refractivity contribution in [3.63, 3.8) is 0 Å². The molecule has 3 fully saturated rings. The number of allylic oxidation sites excluding steroid dienone is 2. The minimum atomic E-state index is 0.198. The van der Waals surface area contributed by atoms with Gasteiger partial charge in [0.15, 0.2) is 0 Å². The first-order valence-corrected chi connectivity index (χ1v) is 8.97. The van der Waals surface area contributed by atoms with E-state index in [-0.39, 0.29) is 5.41 Å². The quantitative estimate of drug-likeness (QED) is 0.378. The summed E-state index contributed by atoms with van der Waals surface area (Å²) in [4.78, 5) is 0. The van der Waals surface area contributed by atoms with Crippen molar-refractivity contribution >= 4 is 5.71 Å². The Morgan fingerprint density at radius 1 is 1.10 bits per heavy atom.